The van der Waals surface area contributed by atoms with E-state index in [4.69, 9.17) is 0 Å². The average molecular weight is 197 g/mol. The van der Waals surface area contributed by atoms with Gasteiger partial charge < -0.3 is 9.88 Å². The molecule has 1 N–H and O–H groups in total. The standard InChI is InChI=1S/C8H11N3OS/c12-8-3-6(13)4-11(8)5-7-9-1-2-10-7/h1-2,6,13H,3-5H2,(H,9,10). The zero-order valence-corrected chi connectivity index (χ0v) is 8.00. The lowest BCUT2D eigenvalue weighted by Gasteiger charge is -2.13. The van der Waals surface area contributed by atoms with E-state index in [2.05, 4.69) is 22.6 Å². The van der Waals surface area contributed by atoms with Gasteiger partial charge in [0, 0.05) is 30.6 Å². The third-order valence-corrected chi connectivity index (χ3v) is 2.44. The Labute approximate surface area is 81.8 Å². The first-order valence-electron chi connectivity index (χ1n) is 4.20. The van der Waals surface area contributed by atoms with E-state index in [1.54, 1.807) is 17.3 Å². The van der Waals surface area contributed by atoms with Crippen LogP contribution in [0.2, 0.25) is 0 Å². The van der Waals surface area contributed by atoms with Crippen molar-refractivity contribution >= 4 is 18.5 Å². The minimum absolute atomic E-state index is 0.163. The molecule has 1 saturated heterocycles. The second-order valence-corrected chi connectivity index (χ2v) is 3.90. The van der Waals surface area contributed by atoms with Gasteiger partial charge in [0.25, 0.3) is 0 Å². The van der Waals surface area contributed by atoms with Crippen LogP contribution in [0.4, 0.5) is 0 Å². The molecular weight excluding hydrogens is 186 g/mol. The fourth-order valence-electron chi connectivity index (χ4n) is 1.47. The summed E-state index contributed by atoms with van der Waals surface area (Å²) >= 11 is 4.27. The number of amides is 1. The molecule has 13 heavy (non-hydrogen) atoms. The number of aromatic amines is 1. The first-order chi connectivity index (χ1) is 6.25. The molecule has 0 bridgehead atoms. The van der Waals surface area contributed by atoms with Crippen molar-refractivity contribution in [2.75, 3.05) is 6.54 Å². The minimum Gasteiger partial charge on any atom is -0.347 e. The van der Waals surface area contributed by atoms with E-state index in [-0.39, 0.29) is 11.2 Å². The summed E-state index contributed by atoms with van der Waals surface area (Å²) in [5.41, 5.74) is 0. The molecule has 5 heteroatoms. The number of likely N-dealkylation sites (tertiary alicyclic amines) is 1. The van der Waals surface area contributed by atoms with Gasteiger partial charge in [0.15, 0.2) is 0 Å². The molecule has 0 aromatic carbocycles. The first-order valence-corrected chi connectivity index (χ1v) is 4.71. The van der Waals surface area contributed by atoms with E-state index >= 15 is 0 Å². The summed E-state index contributed by atoms with van der Waals surface area (Å²) < 4.78 is 0. The number of carbonyl (C=O) groups is 1. The van der Waals surface area contributed by atoms with Crippen molar-refractivity contribution in [3.8, 4) is 0 Å². The molecule has 1 atom stereocenters. The van der Waals surface area contributed by atoms with Gasteiger partial charge in [-0.2, -0.15) is 12.6 Å². The largest absolute Gasteiger partial charge is 0.347 e. The Hall–Kier alpha value is -0.970. The Balaban J connectivity index is 1.99. The number of rotatable bonds is 2. The van der Waals surface area contributed by atoms with Crippen LogP contribution in [0.3, 0.4) is 0 Å². The third kappa shape index (κ3) is 1.85. The lowest BCUT2D eigenvalue weighted by atomic mass is 10.4. The number of aromatic nitrogens is 2. The topological polar surface area (TPSA) is 49.0 Å². The maximum atomic E-state index is 11.3. The lowest BCUT2D eigenvalue weighted by molar-refractivity contribution is -0.128. The zero-order valence-electron chi connectivity index (χ0n) is 7.10. The molecule has 2 rings (SSSR count). The van der Waals surface area contributed by atoms with Crippen LogP contribution in [-0.4, -0.2) is 32.6 Å². The Bertz CT molecular complexity index is 298. The molecule has 1 unspecified atom stereocenters. The fourth-order valence-corrected chi connectivity index (χ4v) is 1.82. The normalized spacial score (nSPS) is 22.7. The van der Waals surface area contributed by atoms with Crippen LogP contribution < -0.4 is 0 Å². The maximum Gasteiger partial charge on any atom is 0.224 e. The summed E-state index contributed by atoms with van der Waals surface area (Å²) in [7, 11) is 0. The van der Waals surface area contributed by atoms with E-state index in [1.165, 1.54) is 0 Å². The smallest absolute Gasteiger partial charge is 0.224 e. The highest BCUT2D eigenvalue weighted by Gasteiger charge is 2.27. The SMILES string of the molecule is O=C1CC(S)CN1Cc1ncc[nH]1. The average Bonchev–Trinajstić information content (AvgIpc) is 2.63. The molecule has 4 nitrogen and oxygen atoms in total. The van der Waals surface area contributed by atoms with Gasteiger partial charge in [-0.1, -0.05) is 0 Å². The van der Waals surface area contributed by atoms with Crippen LogP contribution in [0.25, 0.3) is 0 Å². The van der Waals surface area contributed by atoms with E-state index in [0.717, 1.165) is 12.4 Å². The number of thiol groups is 1. The number of imidazole rings is 1. The highest BCUT2D eigenvalue weighted by Crippen LogP contribution is 2.17. The monoisotopic (exact) mass is 197 g/mol. The zero-order chi connectivity index (χ0) is 9.26. The summed E-state index contributed by atoms with van der Waals surface area (Å²) in [4.78, 5) is 20.2. The van der Waals surface area contributed by atoms with Crippen LogP contribution in [0.5, 0.6) is 0 Å². The molecule has 0 spiro atoms. The number of carbonyl (C=O) groups excluding carboxylic acids is 1. The minimum atomic E-state index is 0.163. The number of nitrogens with zero attached hydrogens (tertiary/aromatic N) is 2. The van der Waals surface area contributed by atoms with Crippen molar-refractivity contribution in [1.29, 1.82) is 0 Å². The summed E-state index contributed by atoms with van der Waals surface area (Å²) in [5, 5.41) is 0.183. The van der Waals surface area contributed by atoms with Crippen molar-refractivity contribution < 1.29 is 4.79 Å². The summed E-state index contributed by atoms with van der Waals surface area (Å²) in [6.45, 7) is 1.30. The Morgan fingerprint density at radius 1 is 1.77 bits per heavy atom. The molecule has 2 heterocycles. The Morgan fingerprint density at radius 2 is 2.62 bits per heavy atom. The van der Waals surface area contributed by atoms with Crippen molar-refractivity contribution in [2.24, 2.45) is 0 Å². The highest BCUT2D eigenvalue weighted by atomic mass is 32.1. The van der Waals surface area contributed by atoms with Crippen LogP contribution >= 0.6 is 12.6 Å². The molecule has 0 saturated carbocycles. The van der Waals surface area contributed by atoms with E-state index in [9.17, 15) is 4.79 Å². The second-order valence-electron chi connectivity index (χ2n) is 3.17. The molecule has 1 aliphatic rings. The predicted molar refractivity (Wildman–Crippen MR) is 51.4 cm³/mol. The van der Waals surface area contributed by atoms with Crippen molar-refractivity contribution in [3.05, 3.63) is 18.2 Å². The Morgan fingerprint density at radius 3 is 3.15 bits per heavy atom. The Kier molecular flexibility index (Phi) is 2.26. The van der Waals surface area contributed by atoms with Crippen LogP contribution in [0, 0.1) is 0 Å². The molecule has 1 aromatic heterocycles. The van der Waals surface area contributed by atoms with Crippen LogP contribution in [-0.2, 0) is 11.3 Å². The van der Waals surface area contributed by atoms with Gasteiger partial charge in [0.1, 0.15) is 5.82 Å². The van der Waals surface area contributed by atoms with Gasteiger partial charge in [0.05, 0.1) is 6.54 Å². The summed E-state index contributed by atoms with van der Waals surface area (Å²) in [6, 6.07) is 0. The van der Waals surface area contributed by atoms with Gasteiger partial charge in [-0.15, -0.1) is 0 Å². The van der Waals surface area contributed by atoms with Crippen LogP contribution in [0.15, 0.2) is 12.4 Å². The first kappa shape index (κ1) is 8.62. The van der Waals surface area contributed by atoms with Gasteiger partial charge in [-0.25, -0.2) is 4.98 Å². The summed E-state index contributed by atoms with van der Waals surface area (Å²) in [5.74, 6) is 0.993. The summed E-state index contributed by atoms with van der Waals surface area (Å²) in [6.07, 6.45) is 3.99. The number of hydrogen-bond acceptors (Lipinski definition) is 3. The van der Waals surface area contributed by atoms with E-state index in [1.807, 2.05) is 0 Å². The van der Waals surface area contributed by atoms with E-state index in [0.29, 0.717) is 13.0 Å². The molecule has 1 aliphatic heterocycles. The molecule has 1 fully saturated rings. The van der Waals surface area contributed by atoms with E-state index < -0.39 is 0 Å². The van der Waals surface area contributed by atoms with Gasteiger partial charge in [-0.05, 0) is 0 Å². The fraction of sp³-hybridized carbons (Fsp3) is 0.500. The third-order valence-electron chi connectivity index (χ3n) is 2.09. The predicted octanol–water partition coefficient (Wildman–Crippen LogP) is 0.440. The molecule has 1 amide bonds. The quantitative estimate of drug-likeness (QED) is 0.676. The highest BCUT2D eigenvalue weighted by molar-refractivity contribution is 7.81. The number of H-pyrrole nitrogens is 1. The second kappa shape index (κ2) is 3.41. The maximum absolute atomic E-state index is 11.3. The molecule has 70 valence electrons. The van der Waals surface area contributed by atoms with Crippen molar-refractivity contribution in [3.63, 3.8) is 0 Å². The molecule has 0 aliphatic carbocycles. The molecule has 1 aromatic rings. The van der Waals surface area contributed by atoms with Gasteiger partial charge >= 0.3 is 0 Å². The lowest BCUT2D eigenvalue weighted by Crippen LogP contribution is -2.25. The number of hydrogen-bond donors (Lipinski definition) is 2. The van der Waals surface area contributed by atoms with Gasteiger partial charge in [-0.3, -0.25) is 4.79 Å². The van der Waals surface area contributed by atoms with Crippen molar-refractivity contribution in [1.82, 2.24) is 14.9 Å². The van der Waals surface area contributed by atoms with Crippen molar-refractivity contribution in [2.45, 2.75) is 18.2 Å². The molecule has 0 radical (unpaired) electrons. The van der Waals surface area contributed by atoms with Crippen LogP contribution in [0.1, 0.15) is 12.2 Å². The number of nitrogens with one attached hydrogen (secondary N) is 1. The van der Waals surface area contributed by atoms with Gasteiger partial charge in [0.2, 0.25) is 5.91 Å². The molecular formula is C8H11N3OS.